The standard InChI is InChI=1S/C23H30FNO4/c1-15(2)14-29-21-10-8-18(13-22(21)28-5)16(3)25-23(26)11-7-17-6-9-20(27-4)19(24)12-17/h6,8-10,12-13,15-16H,7,11,14H2,1-5H3,(H,25,26). The number of amides is 1. The van der Waals surface area contributed by atoms with Crippen LogP contribution in [0.2, 0.25) is 0 Å². The van der Waals surface area contributed by atoms with E-state index in [1.807, 2.05) is 25.1 Å². The molecule has 2 rings (SSSR count). The highest BCUT2D eigenvalue weighted by atomic mass is 19.1. The summed E-state index contributed by atoms with van der Waals surface area (Å²) in [4.78, 5) is 12.3. The maximum Gasteiger partial charge on any atom is 0.220 e. The molecule has 6 heteroatoms. The molecule has 0 aromatic heterocycles. The summed E-state index contributed by atoms with van der Waals surface area (Å²) in [5.74, 6) is 1.40. The largest absolute Gasteiger partial charge is 0.494 e. The molecule has 1 unspecified atom stereocenters. The summed E-state index contributed by atoms with van der Waals surface area (Å²) in [5, 5.41) is 2.97. The fourth-order valence-electron chi connectivity index (χ4n) is 2.85. The molecule has 1 atom stereocenters. The van der Waals surface area contributed by atoms with E-state index in [4.69, 9.17) is 14.2 Å². The highest BCUT2D eigenvalue weighted by Gasteiger charge is 2.14. The van der Waals surface area contributed by atoms with Gasteiger partial charge in [0.05, 0.1) is 26.9 Å². The zero-order valence-corrected chi connectivity index (χ0v) is 17.8. The Hall–Kier alpha value is -2.76. The maximum atomic E-state index is 13.8. The molecule has 0 aliphatic rings. The van der Waals surface area contributed by atoms with Crippen molar-refractivity contribution in [1.29, 1.82) is 0 Å². The summed E-state index contributed by atoms with van der Waals surface area (Å²) in [5.41, 5.74) is 1.67. The van der Waals surface area contributed by atoms with Gasteiger partial charge in [-0.05, 0) is 54.7 Å². The molecule has 0 heterocycles. The maximum absolute atomic E-state index is 13.8. The Morgan fingerprint density at radius 1 is 1.00 bits per heavy atom. The van der Waals surface area contributed by atoms with E-state index in [0.717, 1.165) is 11.1 Å². The van der Waals surface area contributed by atoms with Gasteiger partial charge >= 0.3 is 0 Å². The minimum Gasteiger partial charge on any atom is -0.494 e. The number of carbonyl (C=O) groups excluding carboxylic acids is 1. The second-order valence-electron chi connectivity index (χ2n) is 7.37. The molecule has 2 aromatic rings. The molecule has 5 nitrogen and oxygen atoms in total. The molecular weight excluding hydrogens is 373 g/mol. The smallest absolute Gasteiger partial charge is 0.220 e. The van der Waals surface area contributed by atoms with Crippen molar-refractivity contribution in [2.45, 2.75) is 39.7 Å². The molecule has 0 aliphatic heterocycles. The topological polar surface area (TPSA) is 56.8 Å². The molecular formula is C23H30FNO4. The predicted octanol–water partition coefficient (Wildman–Crippen LogP) is 4.69. The zero-order chi connectivity index (χ0) is 21.4. The van der Waals surface area contributed by atoms with Gasteiger partial charge in [0.15, 0.2) is 23.1 Å². The number of benzene rings is 2. The summed E-state index contributed by atoms with van der Waals surface area (Å²) in [6, 6.07) is 10.2. The molecule has 0 saturated carbocycles. The summed E-state index contributed by atoms with van der Waals surface area (Å²) >= 11 is 0. The van der Waals surface area contributed by atoms with Crippen molar-refractivity contribution >= 4 is 5.91 Å². The number of hydrogen-bond donors (Lipinski definition) is 1. The average molecular weight is 403 g/mol. The van der Waals surface area contributed by atoms with Gasteiger partial charge in [-0.2, -0.15) is 0 Å². The number of halogens is 1. The van der Waals surface area contributed by atoms with Crippen LogP contribution in [0.15, 0.2) is 36.4 Å². The van der Waals surface area contributed by atoms with Gasteiger partial charge in [0, 0.05) is 6.42 Å². The van der Waals surface area contributed by atoms with Gasteiger partial charge < -0.3 is 19.5 Å². The molecule has 0 radical (unpaired) electrons. The van der Waals surface area contributed by atoms with Crippen LogP contribution in [0.5, 0.6) is 17.2 Å². The van der Waals surface area contributed by atoms with Crippen LogP contribution >= 0.6 is 0 Å². The van der Waals surface area contributed by atoms with Crippen molar-refractivity contribution in [2.75, 3.05) is 20.8 Å². The molecule has 0 fully saturated rings. The summed E-state index contributed by atoms with van der Waals surface area (Å²) < 4.78 is 29.9. The van der Waals surface area contributed by atoms with Crippen LogP contribution in [0.4, 0.5) is 4.39 Å². The molecule has 0 spiro atoms. The average Bonchev–Trinajstić information content (AvgIpc) is 2.70. The van der Waals surface area contributed by atoms with Crippen LogP contribution in [0.3, 0.4) is 0 Å². The van der Waals surface area contributed by atoms with E-state index < -0.39 is 5.82 Å². The van der Waals surface area contributed by atoms with Crippen LogP contribution < -0.4 is 19.5 Å². The SMILES string of the molecule is COc1ccc(CCC(=O)NC(C)c2ccc(OCC(C)C)c(OC)c2)cc1F. The first-order chi connectivity index (χ1) is 13.8. The number of hydrogen-bond acceptors (Lipinski definition) is 4. The van der Waals surface area contributed by atoms with Gasteiger partial charge in [-0.15, -0.1) is 0 Å². The van der Waals surface area contributed by atoms with E-state index in [2.05, 4.69) is 19.2 Å². The third kappa shape index (κ3) is 6.66. The van der Waals surface area contributed by atoms with Gasteiger partial charge in [-0.3, -0.25) is 4.79 Å². The molecule has 1 amide bonds. The minimum absolute atomic E-state index is 0.104. The van der Waals surface area contributed by atoms with Gasteiger partial charge in [0.25, 0.3) is 0 Å². The Balaban J connectivity index is 1.94. The number of carbonyl (C=O) groups is 1. The normalized spacial score (nSPS) is 11.8. The van der Waals surface area contributed by atoms with E-state index in [1.165, 1.54) is 13.2 Å². The number of rotatable bonds is 10. The highest BCUT2D eigenvalue weighted by Crippen LogP contribution is 2.30. The van der Waals surface area contributed by atoms with Gasteiger partial charge in [0.1, 0.15) is 0 Å². The Morgan fingerprint density at radius 2 is 1.69 bits per heavy atom. The van der Waals surface area contributed by atoms with Crippen molar-refractivity contribution in [3.05, 3.63) is 53.3 Å². The molecule has 1 N–H and O–H groups in total. The molecule has 158 valence electrons. The van der Waals surface area contributed by atoms with Gasteiger partial charge in [0.2, 0.25) is 5.91 Å². The monoisotopic (exact) mass is 403 g/mol. The Kier molecular flexibility index (Phi) is 8.31. The van der Waals surface area contributed by atoms with E-state index in [0.29, 0.717) is 30.4 Å². The number of aryl methyl sites for hydroxylation is 1. The van der Waals surface area contributed by atoms with Crippen molar-refractivity contribution in [3.8, 4) is 17.2 Å². The van der Waals surface area contributed by atoms with Crippen LogP contribution in [0.25, 0.3) is 0 Å². The van der Waals surface area contributed by atoms with Crippen molar-refractivity contribution in [3.63, 3.8) is 0 Å². The summed E-state index contributed by atoms with van der Waals surface area (Å²) in [7, 11) is 3.02. The number of ether oxygens (including phenoxy) is 3. The first kappa shape index (κ1) is 22.5. The number of nitrogens with one attached hydrogen (secondary N) is 1. The Morgan fingerprint density at radius 3 is 2.31 bits per heavy atom. The quantitative estimate of drug-likeness (QED) is 0.625. The lowest BCUT2D eigenvalue weighted by atomic mass is 10.1. The zero-order valence-electron chi connectivity index (χ0n) is 17.8. The minimum atomic E-state index is -0.425. The molecule has 0 aliphatic carbocycles. The lowest BCUT2D eigenvalue weighted by molar-refractivity contribution is -0.121. The van der Waals surface area contributed by atoms with Crippen molar-refractivity contribution in [1.82, 2.24) is 5.32 Å². The van der Waals surface area contributed by atoms with Crippen molar-refractivity contribution in [2.24, 2.45) is 5.92 Å². The first-order valence-electron chi connectivity index (χ1n) is 9.76. The van der Waals surface area contributed by atoms with E-state index in [1.54, 1.807) is 19.2 Å². The molecule has 29 heavy (non-hydrogen) atoms. The fourth-order valence-corrected chi connectivity index (χ4v) is 2.85. The molecule has 0 saturated heterocycles. The molecule has 2 aromatic carbocycles. The van der Waals surface area contributed by atoms with Crippen LogP contribution in [0, 0.1) is 11.7 Å². The fraction of sp³-hybridized carbons (Fsp3) is 0.435. The number of methoxy groups -OCH3 is 2. The van der Waals surface area contributed by atoms with Gasteiger partial charge in [-0.25, -0.2) is 4.39 Å². The lowest BCUT2D eigenvalue weighted by Crippen LogP contribution is -2.26. The highest BCUT2D eigenvalue weighted by molar-refractivity contribution is 5.76. The van der Waals surface area contributed by atoms with E-state index in [9.17, 15) is 9.18 Å². The lowest BCUT2D eigenvalue weighted by Gasteiger charge is -2.18. The Bertz CT molecular complexity index is 823. The van der Waals surface area contributed by atoms with Crippen LogP contribution in [0.1, 0.15) is 44.4 Å². The van der Waals surface area contributed by atoms with Crippen LogP contribution in [-0.2, 0) is 11.2 Å². The van der Waals surface area contributed by atoms with E-state index in [-0.39, 0.29) is 24.1 Å². The summed E-state index contributed by atoms with van der Waals surface area (Å²) in [6.45, 7) is 6.68. The second kappa shape index (κ2) is 10.7. The summed E-state index contributed by atoms with van der Waals surface area (Å²) in [6.07, 6.45) is 0.716. The molecule has 0 bridgehead atoms. The predicted molar refractivity (Wildman–Crippen MR) is 111 cm³/mol. The third-order valence-corrected chi connectivity index (χ3v) is 4.49. The van der Waals surface area contributed by atoms with Crippen molar-refractivity contribution < 1.29 is 23.4 Å². The first-order valence-corrected chi connectivity index (χ1v) is 9.76. The van der Waals surface area contributed by atoms with Gasteiger partial charge in [-0.1, -0.05) is 26.0 Å². The second-order valence-corrected chi connectivity index (χ2v) is 7.37. The Labute approximate surface area is 172 Å². The third-order valence-electron chi connectivity index (χ3n) is 4.49. The van der Waals surface area contributed by atoms with E-state index >= 15 is 0 Å². The van der Waals surface area contributed by atoms with Crippen LogP contribution in [-0.4, -0.2) is 26.7 Å².